The number of aryl methyl sites for hydroxylation is 1. The molecule has 138 valence electrons. The van der Waals surface area contributed by atoms with Gasteiger partial charge in [0.05, 0.1) is 11.4 Å². The van der Waals surface area contributed by atoms with Crippen LogP contribution in [0, 0.1) is 6.92 Å². The third-order valence-electron chi connectivity index (χ3n) is 4.59. The molecule has 1 aliphatic heterocycles. The SMILES string of the molecule is Cc1ccc(N2C(=O)/C(=C/c3ccc(Cl)cc3)C=C2c2ccccc2)c(Br)c1. The minimum Gasteiger partial charge on any atom is -0.275 e. The van der Waals surface area contributed by atoms with Crippen molar-refractivity contribution in [1.29, 1.82) is 0 Å². The van der Waals surface area contributed by atoms with Crippen LogP contribution >= 0.6 is 27.5 Å². The summed E-state index contributed by atoms with van der Waals surface area (Å²) in [6, 6.07) is 23.4. The molecule has 3 aromatic carbocycles. The zero-order chi connectivity index (χ0) is 19.7. The van der Waals surface area contributed by atoms with Gasteiger partial charge in [0.2, 0.25) is 0 Å². The normalized spacial score (nSPS) is 15.2. The van der Waals surface area contributed by atoms with Crippen LogP contribution in [0.15, 0.2) is 88.9 Å². The van der Waals surface area contributed by atoms with Gasteiger partial charge in [-0.1, -0.05) is 60.1 Å². The van der Waals surface area contributed by atoms with Gasteiger partial charge in [0, 0.05) is 15.1 Å². The molecule has 0 bridgehead atoms. The molecule has 0 saturated carbocycles. The van der Waals surface area contributed by atoms with Crippen molar-refractivity contribution in [2.45, 2.75) is 6.92 Å². The molecule has 0 atom stereocenters. The van der Waals surface area contributed by atoms with Crippen LogP contribution in [0.3, 0.4) is 0 Å². The first kappa shape index (κ1) is 18.7. The molecule has 4 heteroatoms. The van der Waals surface area contributed by atoms with Gasteiger partial charge in [-0.25, -0.2) is 0 Å². The first-order chi connectivity index (χ1) is 13.5. The lowest BCUT2D eigenvalue weighted by Crippen LogP contribution is -2.25. The van der Waals surface area contributed by atoms with Crippen molar-refractivity contribution in [2.75, 3.05) is 4.90 Å². The lowest BCUT2D eigenvalue weighted by molar-refractivity contribution is -0.113. The fourth-order valence-electron chi connectivity index (χ4n) is 3.21. The Labute approximate surface area is 177 Å². The Morgan fingerprint density at radius 1 is 0.964 bits per heavy atom. The zero-order valence-corrected chi connectivity index (χ0v) is 17.5. The Hall–Kier alpha value is -2.62. The third-order valence-corrected chi connectivity index (χ3v) is 5.48. The average Bonchev–Trinajstić information content (AvgIpc) is 3.01. The number of amides is 1. The van der Waals surface area contributed by atoms with Crippen LogP contribution in [0.25, 0.3) is 11.8 Å². The standard InChI is InChI=1S/C24H17BrClNO/c1-16-7-12-22(21(25)13-16)27-23(18-5-3-2-4-6-18)15-19(24(27)28)14-17-8-10-20(26)11-9-17/h2-15H,1H3/b19-14+. The van der Waals surface area contributed by atoms with Crippen molar-refractivity contribution >= 4 is 50.9 Å². The summed E-state index contributed by atoms with van der Waals surface area (Å²) in [6.07, 6.45) is 3.84. The van der Waals surface area contributed by atoms with Gasteiger partial charge >= 0.3 is 0 Å². The van der Waals surface area contributed by atoms with Crippen LogP contribution in [-0.4, -0.2) is 5.91 Å². The fourth-order valence-corrected chi connectivity index (χ4v) is 4.00. The Morgan fingerprint density at radius 3 is 2.36 bits per heavy atom. The molecular formula is C24H17BrClNO. The highest BCUT2D eigenvalue weighted by atomic mass is 79.9. The van der Waals surface area contributed by atoms with Gasteiger partial charge in [-0.05, 0) is 76.0 Å². The smallest absolute Gasteiger partial charge is 0.262 e. The summed E-state index contributed by atoms with van der Waals surface area (Å²) in [5.74, 6) is -0.0571. The molecule has 4 rings (SSSR count). The van der Waals surface area contributed by atoms with Crippen molar-refractivity contribution in [3.63, 3.8) is 0 Å². The van der Waals surface area contributed by atoms with Gasteiger partial charge in [-0.15, -0.1) is 0 Å². The van der Waals surface area contributed by atoms with Crippen molar-refractivity contribution in [1.82, 2.24) is 0 Å². The molecule has 1 amide bonds. The number of nitrogens with zero attached hydrogens (tertiary/aromatic N) is 1. The van der Waals surface area contributed by atoms with Crippen molar-refractivity contribution in [2.24, 2.45) is 0 Å². The second-order valence-electron chi connectivity index (χ2n) is 6.64. The van der Waals surface area contributed by atoms with Crippen LogP contribution < -0.4 is 4.90 Å². The van der Waals surface area contributed by atoms with E-state index < -0.39 is 0 Å². The topological polar surface area (TPSA) is 20.3 Å². The first-order valence-electron chi connectivity index (χ1n) is 8.88. The number of hydrogen-bond donors (Lipinski definition) is 0. The second-order valence-corrected chi connectivity index (χ2v) is 7.93. The quantitative estimate of drug-likeness (QED) is 0.398. The lowest BCUT2D eigenvalue weighted by Gasteiger charge is -2.22. The first-order valence-corrected chi connectivity index (χ1v) is 10.0. The molecule has 0 spiro atoms. The number of benzene rings is 3. The highest BCUT2D eigenvalue weighted by molar-refractivity contribution is 9.10. The Morgan fingerprint density at radius 2 is 1.68 bits per heavy atom. The van der Waals surface area contributed by atoms with Gasteiger partial charge in [-0.2, -0.15) is 0 Å². The molecule has 1 aliphatic rings. The van der Waals surface area contributed by atoms with E-state index in [0.29, 0.717) is 10.6 Å². The molecule has 0 fully saturated rings. The van der Waals surface area contributed by atoms with E-state index in [9.17, 15) is 4.79 Å². The summed E-state index contributed by atoms with van der Waals surface area (Å²) in [7, 11) is 0. The minimum absolute atomic E-state index is 0.0571. The average molecular weight is 451 g/mol. The molecule has 28 heavy (non-hydrogen) atoms. The highest BCUT2D eigenvalue weighted by Gasteiger charge is 2.31. The maximum atomic E-state index is 13.4. The maximum absolute atomic E-state index is 13.4. The van der Waals surface area contributed by atoms with Crippen molar-refractivity contribution in [3.8, 4) is 0 Å². The van der Waals surface area contributed by atoms with Crippen LogP contribution in [0.1, 0.15) is 16.7 Å². The molecule has 0 N–H and O–H groups in total. The molecule has 0 saturated heterocycles. The van der Waals surface area contributed by atoms with E-state index in [1.54, 1.807) is 4.90 Å². The summed E-state index contributed by atoms with van der Waals surface area (Å²) in [5, 5.41) is 0.672. The monoisotopic (exact) mass is 449 g/mol. The number of halogens is 2. The zero-order valence-electron chi connectivity index (χ0n) is 15.2. The highest BCUT2D eigenvalue weighted by Crippen LogP contribution is 2.39. The fraction of sp³-hybridized carbons (Fsp3) is 0.0417. The van der Waals surface area contributed by atoms with Gasteiger partial charge in [0.1, 0.15) is 0 Å². The number of rotatable bonds is 3. The van der Waals surface area contributed by atoms with Crippen LogP contribution in [0.2, 0.25) is 5.02 Å². The summed E-state index contributed by atoms with van der Waals surface area (Å²) >= 11 is 9.60. The predicted octanol–water partition coefficient (Wildman–Crippen LogP) is 6.88. The maximum Gasteiger partial charge on any atom is 0.262 e. The molecule has 0 aliphatic carbocycles. The summed E-state index contributed by atoms with van der Waals surface area (Å²) in [4.78, 5) is 15.1. The van der Waals surface area contributed by atoms with E-state index >= 15 is 0 Å². The van der Waals surface area contributed by atoms with Crippen LogP contribution in [0.4, 0.5) is 5.69 Å². The van der Waals surface area contributed by atoms with Gasteiger partial charge in [-0.3, -0.25) is 9.69 Å². The molecule has 0 unspecified atom stereocenters. The minimum atomic E-state index is -0.0571. The van der Waals surface area contributed by atoms with Gasteiger partial charge < -0.3 is 0 Å². The second kappa shape index (κ2) is 7.78. The molecule has 0 aromatic heterocycles. The van der Waals surface area contributed by atoms with Crippen LogP contribution in [-0.2, 0) is 4.79 Å². The lowest BCUT2D eigenvalue weighted by atomic mass is 10.1. The molecule has 0 radical (unpaired) electrons. The number of carbonyl (C=O) groups is 1. The Balaban J connectivity index is 1.84. The molecule has 1 heterocycles. The molecular weight excluding hydrogens is 434 g/mol. The predicted molar refractivity (Wildman–Crippen MR) is 120 cm³/mol. The number of carbonyl (C=O) groups excluding carboxylic acids is 1. The van der Waals surface area contributed by atoms with E-state index in [-0.39, 0.29) is 5.91 Å². The summed E-state index contributed by atoms with van der Waals surface area (Å²) in [5.41, 5.74) is 5.36. The molecule has 3 aromatic rings. The Kier molecular flexibility index (Phi) is 5.21. The third kappa shape index (κ3) is 3.68. The van der Waals surface area contributed by atoms with Crippen molar-refractivity contribution < 1.29 is 4.79 Å². The largest absolute Gasteiger partial charge is 0.275 e. The van der Waals surface area contributed by atoms with E-state index in [4.69, 9.17) is 11.6 Å². The number of anilines is 1. The van der Waals surface area contributed by atoms with E-state index in [1.165, 1.54) is 0 Å². The van der Waals surface area contributed by atoms with Gasteiger partial charge in [0.25, 0.3) is 5.91 Å². The van der Waals surface area contributed by atoms with E-state index in [0.717, 1.165) is 32.5 Å². The van der Waals surface area contributed by atoms with Crippen LogP contribution in [0.5, 0.6) is 0 Å². The van der Waals surface area contributed by atoms with Gasteiger partial charge in [0.15, 0.2) is 0 Å². The summed E-state index contributed by atoms with van der Waals surface area (Å²) < 4.78 is 0.885. The number of hydrogen-bond acceptors (Lipinski definition) is 1. The van der Waals surface area contributed by atoms with Crippen molar-refractivity contribution in [3.05, 3.63) is 111 Å². The Bertz CT molecular complexity index is 1100. The van der Waals surface area contributed by atoms with E-state index in [1.807, 2.05) is 91.9 Å². The molecule has 2 nitrogen and oxygen atoms in total. The van der Waals surface area contributed by atoms with E-state index in [2.05, 4.69) is 15.9 Å². The summed E-state index contributed by atoms with van der Waals surface area (Å²) in [6.45, 7) is 2.03.